The van der Waals surface area contributed by atoms with Gasteiger partial charge in [-0.15, -0.1) is 0 Å². The summed E-state index contributed by atoms with van der Waals surface area (Å²) in [5.41, 5.74) is 0.757. The van der Waals surface area contributed by atoms with Crippen molar-refractivity contribution in [3.63, 3.8) is 0 Å². The van der Waals surface area contributed by atoms with Gasteiger partial charge in [-0.2, -0.15) is 0 Å². The molecule has 2 heterocycles. The van der Waals surface area contributed by atoms with Crippen LogP contribution >= 0.6 is 0 Å². The minimum absolute atomic E-state index is 0.00215. The van der Waals surface area contributed by atoms with E-state index in [9.17, 15) is 28.0 Å². The standard InChI is InChI=1S/C38H54F2N4O6/c1-5-49-36(47)32-22-27-21-28(15-16-31(27)43(32)20-18-39)41-34(45)33-29(24-9-7-6-8-10-24)17-19-44(33)35(46)26-13-11-25(12-14-26)30(23-40)42-37(48)50-38(2,3)4/h15-16,21-22,24-26,29-30,33H,5-14,17-20,23H2,1-4H3,(H,41,45)(H,42,48)/t25-,26-,29-,30+,33-/m0/s1. The summed E-state index contributed by atoms with van der Waals surface area (Å²) in [4.78, 5) is 55.1. The lowest BCUT2D eigenvalue weighted by Gasteiger charge is -2.37. The molecule has 0 unspecified atom stereocenters. The summed E-state index contributed by atoms with van der Waals surface area (Å²) < 4.78 is 39.6. The van der Waals surface area contributed by atoms with Crippen LogP contribution in [0.1, 0.15) is 102 Å². The number of likely N-dealkylation sites (tertiary alicyclic amines) is 1. The molecule has 2 aliphatic carbocycles. The monoisotopic (exact) mass is 700 g/mol. The molecule has 3 amide bonds. The van der Waals surface area contributed by atoms with Crippen LogP contribution < -0.4 is 10.6 Å². The first-order valence-electron chi connectivity index (χ1n) is 18.5. The molecule has 2 aromatic rings. The molecule has 2 saturated carbocycles. The number of ether oxygens (including phenoxy) is 2. The molecular formula is C38H54F2N4O6. The second-order valence-electron chi connectivity index (χ2n) is 15.2. The van der Waals surface area contributed by atoms with Crippen molar-refractivity contribution >= 4 is 40.5 Å². The van der Waals surface area contributed by atoms with Gasteiger partial charge in [-0.1, -0.05) is 32.1 Å². The molecular weight excluding hydrogens is 646 g/mol. The van der Waals surface area contributed by atoms with E-state index in [0.29, 0.717) is 54.7 Å². The van der Waals surface area contributed by atoms with Gasteiger partial charge in [0.05, 0.1) is 19.2 Å². The number of amides is 3. The Kier molecular flexibility index (Phi) is 12.4. The van der Waals surface area contributed by atoms with Crippen LogP contribution in [0.5, 0.6) is 0 Å². The second kappa shape index (κ2) is 16.5. The molecule has 0 radical (unpaired) electrons. The maximum absolute atomic E-state index is 14.2. The highest BCUT2D eigenvalue weighted by atomic mass is 19.1. The number of halogens is 2. The lowest BCUT2D eigenvalue weighted by atomic mass is 9.76. The number of alkyl halides is 2. The Morgan fingerprint density at radius 1 is 0.960 bits per heavy atom. The number of esters is 1. The van der Waals surface area contributed by atoms with Gasteiger partial charge in [-0.05, 0) is 102 Å². The van der Waals surface area contributed by atoms with Crippen LogP contribution in [0.15, 0.2) is 24.3 Å². The predicted molar refractivity (Wildman–Crippen MR) is 187 cm³/mol. The molecule has 50 heavy (non-hydrogen) atoms. The first kappa shape index (κ1) is 37.6. The summed E-state index contributed by atoms with van der Waals surface area (Å²) in [7, 11) is 0. The van der Waals surface area contributed by atoms with Crippen LogP contribution in [0.2, 0.25) is 0 Å². The van der Waals surface area contributed by atoms with Crippen LogP contribution in [0.25, 0.3) is 10.9 Å². The van der Waals surface area contributed by atoms with Crippen molar-refractivity contribution in [1.82, 2.24) is 14.8 Å². The van der Waals surface area contributed by atoms with Gasteiger partial charge in [0.1, 0.15) is 30.7 Å². The number of nitrogens with one attached hydrogen (secondary N) is 2. The Morgan fingerprint density at radius 2 is 1.68 bits per heavy atom. The fourth-order valence-corrected chi connectivity index (χ4v) is 8.46. The summed E-state index contributed by atoms with van der Waals surface area (Å²) in [5, 5.41) is 6.45. The van der Waals surface area contributed by atoms with E-state index < -0.39 is 43.1 Å². The molecule has 5 rings (SSSR count). The fourth-order valence-electron chi connectivity index (χ4n) is 8.46. The van der Waals surface area contributed by atoms with Crippen molar-refractivity contribution in [3.8, 4) is 0 Å². The summed E-state index contributed by atoms with van der Waals surface area (Å²) in [6.07, 6.45) is 7.94. The van der Waals surface area contributed by atoms with Crippen LogP contribution in [0.4, 0.5) is 19.3 Å². The molecule has 3 aliphatic rings. The van der Waals surface area contributed by atoms with E-state index in [1.165, 1.54) is 6.42 Å². The van der Waals surface area contributed by atoms with Crippen molar-refractivity contribution in [1.29, 1.82) is 0 Å². The molecule has 1 saturated heterocycles. The highest BCUT2D eigenvalue weighted by molar-refractivity contribution is 6.01. The average Bonchev–Trinajstić information content (AvgIpc) is 3.69. The van der Waals surface area contributed by atoms with Crippen molar-refractivity contribution < 1.29 is 37.4 Å². The van der Waals surface area contributed by atoms with E-state index in [-0.39, 0.29) is 48.4 Å². The van der Waals surface area contributed by atoms with Gasteiger partial charge in [0.25, 0.3) is 0 Å². The zero-order valence-electron chi connectivity index (χ0n) is 30.0. The zero-order valence-corrected chi connectivity index (χ0v) is 30.0. The lowest BCUT2D eigenvalue weighted by Crippen LogP contribution is -2.50. The largest absolute Gasteiger partial charge is 0.461 e. The summed E-state index contributed by atoms with van der Waals surface area (Å²) in [6.45, 7) is 6.34. The van der Waals surface area contributed by atoms with Gasteiger partial charge in [-0.25, -0.2) is 18.4 Å². The number of carbonyl (C=O) groups excluding carboxylic acids is 4. The number of alkyl carbamates (subject to hydrolysis) is 1. The minimum atomic E-state index is -0.712. The van der Waals surface area contributed by atoms with Crippen LogP contribution in [-0.4, -0.2) is 77.5 Å². The van der Waals surface area contributed by atoms with E-state index >= 15 is 0 Å². The molecule has 0 spiro atoms. The maximum Gasteiger partial charge on any atom is 0.407 e. The Bertz CT molecular complexity index is 1510. The Labute approximate surface area is 294 Å². The third-order valence-electron chi connectivity index (χ3n) is 10.8. The van der Waals surface area contributed by atoms with Crippen LogP contribution in [0, 0.1) is 23.7 Å². The first-order valence-corrected chi connectivity index (χ1v) is 18.5. The van der Waals surface area contributed by atoms with Crippen molar-refractivity contribution in [2.24, 2.45) is 23.7 Å². The number of hydrogen-bond donors (Lipinski definition) is 2. The highest BCUT2D eigenvalue weighted by Crippen LogP contribution is 2.41. The minimum Gasteiger partial charge on any atom is -0.461 e. The highest BCUT2D eigenvalue weighted by Gasteiger charge is 2.47. The quantitative estimate of drug-likeness (QED) is 0.240. The molecule has 1 aromatic heterocycles. The third-order valence-corrected chi connectivity index (χ3v) is 10.8. The number of aromatic nitrogens is 1. The van der Waals surface area contributed by atoms with Crippen LogP contribution in [0.3, 0.4) is 0 Å². The lowest BCUT2D eigenvalue weighted by molar-refractivity contribution is -0.142. The molecule has 10 nitrogen and oxygen atoms in total. The fraction of sp³-hybridized carbons (Fsp3) is 0.684. The molecule has 3 fully saturated rings. The Hall–Kier alpha value is -3.70. The van der Waals surface area contributed by atoms with Gasteiger partial charge in [-0.3, -0.25) is 9.59 Å². The number of fused-ring (bicyclic) bond motifs is 1. The topological polar surface area (TPSA) is 119 Å². The molecule has 12 heteroatoms. The van der Waals surface area contributed by atoms with Gasteiger partial charge < -0.3 is 29.6 Å². The summed E-state index contributed by atoms with van der Waals surface area (Å²) in [5.74, 6) is -0.767. The van der Waals surface area contributed by atoms with Gasteiger partial charge in [0, 0.05) is 29.1 Å². The summed E-state index contributed by atoms with van der Waals surface area (Å²) >= 11 is 0. The SMILES string of the molecule is CCOC(=O)c1cc2cc(NC(=O)[C@@H]3[C@H](C4CCCCC4)CCN3C(=O)[C@H]3CC[C@H]([C@@H](CF)NC(=O)OC(C)(C)C)CC3)ccc2n1CCF. The number of benzene rings is 1. The molecule has 2 N–H and O–H groups in total. The summed E-state index contributed by atoms with van der Waals surface area (Å²) in [6, 6.07) is 5.64. The molecule has 1 aromatic carbocycles. The van der Waals surface area contributed by atoms with Gasteiger partial charge >= 0.3 is 12.1 Å². The van der Waals surface area contributed by atoms with Crippen molar-refractivity contribution in [2.75, 3.05) is 31.8 Å². The smallest absolute Gasteiger partial charge is 0.407 e. The van der Waals surface area contributed by atoms with Gasteiger partial charge in [0.15, 0.2) is 0 Å². The number of nitrogens with zero attached hydrogens (tertiary/aromatic N) is 2. The number of anilines is 1. The van der Waals surface area contributed by atoms with E-state index in [1.54, 1.807) is 61.4 Å². The maximum atomic E-state index is 14.2. The van der Waals surface area contributed by atoms with Crippen molar-refractivity contribution in [3.05, 3.63) is 30.0 Å². The Balaban J connectivity index is 1.30. The van der Waals surface area contributed by atoms with Crippen molar-refractivity contribution in [2.45, 2.75) is 116 Å². The van der Waals surface area contributed by atoms with Crippen LogP contribution in [-0.2, 0) is 25.6 Å². The number of hydrogen-bond acceptors (Lipinski definition) is 6. The Morgan fingerprint density at radius 3 is 2.32 bits per heavy atom. The molecule has 3 atom stereocenters. The third kappa shape index (κ3) is 8.77. The number of rotatable bonds is 11. The van der Waals surface area contributed by atoms with E-state index in [0.717, 1.165) is 32.1 Å². The second-order valence-corrected chi connectivity index (χ2v) is 15.2. The average molecular weight is 701 g/mol. The van der Waals surface area contributed by atoms with E-state index in [2.05, 4.69) is 10.6 Å². The normalized spacial score (nSPS) is 23.8. The number of carbonyl (C=O) groups is 4. The first-order chi connectivity index (χ1) is 23.9. The number of aryl methyl sites for hydroxylation is 1. The van der Waals surface area contributed by atoms with E-state index in [1.807, 2.05) is 0 Å². The predicted octanol–water partition coefficient (Wildman–Crippen LogP) is 7.19. The molecule has 1 aliphatic heterocycles. The van der Waals surface area contributed by atoms with Gasteiger partial charge in [0.2, 0.25) is 11.8 Å². The zero-order chi connectivity index (χ0) is 36.0. The molecule has 276 valence electrons. The molecule has 0 bridgehead atoms. The van der Waals surface area contributed by atoms with E-state index in [4.69, 9.17) is 9.47 Å².